The lowest BCUT2D eigenvalue weighted by atomic mass is 9.85. The summed E-state index contributed by atoms with van der Waals surface area (Å²) in [5, 5.41) is 3.20. The van der Waals surface area contributed by atoms with Crippen molar-refractivity contribution in [3.63, 3.8) is 0 Å². The van der Waals surface area contributed by atoms with Gasteiger partial charge in [0.1, 0.15) is 6.10 Å². The van der Waals surface area contributed by atoms with E-state index in [9.17, 15) is 0 Å². The van der Waals surface area contributed by atoms with Crippen LogP contribution in [0.3, 0.4) is 0 Å². The minimum absolute atomic E-state index is 0.291. The molecular weight excluding hydrogens is 318 g/mol. The number of nitrogens with one attached hydrogen (secondary N) is 1. The maximum Gasteiger partial charge on any atom is 0.233 e. The molecule has 20 heavy (non-hydrogen) atoms. The first-order valence-corrected chi connectivity index (χ1v) is 8.45. The molecule has 2 rings (SSSR count). The van der Waals surface area contributed by atoms with Crippen molar-refractivity contribution < 1.29 is 4.74 Å². The first-order valence-electron chi connectivity index (χ1n) is 7.66. The van der Waals surface area contributed by atoms with Crippen LogP contribution in [0.15, 0.2) is 10.7 Å². The molecule has 1 N–H and O–H groups in total. The third-order valence-corrected chi connectivity index (χ3v) is 4.38. The van der Waals surface area contributed by atoms with E-state index in [1.807, 2.05) is 0 Å². The Hall–Kier alpha value is -0.840. The van der Waals surface area contributed by atoms with Crippen LogP contribution >= 0.6 is 15.9 Å². The highest BCUT2D eigenvalue weighted by Crippen LogP contribution is 2.31. The molecule has 1 aliphatic rings. The molecule has 112 valence electrons. The number of ether oxygens (including phenoxy) is 1. The second-order valence-electron chi connectivity index (χ2n) is 5.45. The van der Waals surface area contributed by atoms with Crippen LogP contribution in [0.4, 0.5) is 5.95 Å². The van der Waals surface area contributed by atoms with Crippen molar-refractivity contribution in [2.75, 3.05) is 11.9 Å². The lowest BCUT2D eigenvalue weighted by Crippen LogP contribution is -2.25. The number of nitrogens with zero attached hydrogens (tertiary/aromatic N) is 2. The van der Waals surface area contributed by atoms with Gasteiger partial charge in [-0.05, 0) is 47.5 Å². The van der Waals surface area contributed by atoms with Gasteiger partial charge >= 0.3 is 0 Å². The van der Waals surface area contributed by atoms with Gasteiger partial charge in [-0.1, -0.05) is 26.7 Å². The van der Waals surface area contributed by atoms with Crippen molar-refractivity contribution >= 4 is 21.9 Å². The quantitative estimate of drug-likeness (QED) is 0.832. The van der Waals surface area contributed by atoms with Gasteiger partial charge < -0.3 is 10.1 Å². The fourth-order valence-electron chi connectivity index (χ4n) is 2.63. The van der Waals surface area contributed by atoms with Crippen molar-refractivity contribution in [3.05, 3.63) is 10.7 Å². The molecule has 0 radical (unpaired) electrons. The second kappa shape index (κ2) is 7.81. The summed E-state index contributed by atoms with van der Waals surface area (Å²) >= 11 is 3.48. The standard InChI is InChI=1S/C15H24BrN3O/c1-3-8-17-15-18-10-13(16)14(19-15)20-12-7-5-6-11(4-2)9-12/h10-12H,3-9H2,1-2H3,(H,17,18,19). The van der Waals surface area contributed by atoms with E-state index < -0.39 is 0 Å². The molecule has 0 spiro atoms. The van der Waals surface area contributed by atoms with E-state index in [1.165, 1.54) is 19.3 Å². The molecule has 1 aromatic rings. The summed E-state index contributed by atoms with van der Waals surface area (Å²) in [6.45, 7) is 5.26. The van der Waals surface area contributed by atoms with E-state index in [1.54, 1.807) is 6.20 Å². The molecule has 5 heteroatoms. The van der Waals surface area contributed by atoms with Gasteiger partial charge in [0, 0.05) is 6.54 Å². The van der Waals surface area contributed by atoms with E-state index in [4.69, 9.17) is 4.74 Å². The van der Waals surface area contributed by atoms with Crippen molar-refractivity contribution in [1.82, 2.24) is 9.97 Å². The topological polar surface area (TPSA) is 47.0 Å². The molecule has 1 aromatic heterocycles. The highest BCUT2D eigenvalue weighted by atomic mass is 79.9. The first-order chi connectivity index (χ1) is 9.72. The summed E-state index contributed by atoms with van der Waals surface area (Å²) in [6, 6.07) is 0. The maximum atomic E-state index is 6.10. The SMILES string of the molecule is CCCNc1ncc(Br)c(OC2CCCC(CC)C2)n1. The third kappa shape index (κ3) is 4.33. The number of hydrogen-bond donors (Lipinski definition) is 1. The molecule has 0 saturated heterocycles. The molecule has 0 bridgehead atoms. The fraction of sp³-hybridized carbons (Fsp3) is 0.733. The second-order valence-corrected chi connectivity index (χ2v) is 6.31. The Morgan fingerprint density at radius 1 is 1.40 bits per heavy atom. The predicted molar refractivity (Wildman–Crippen MR) is 85.2 cm³/mol. The van der Waals surface area contributed by atoms with Crippen LogP contribution in [-0.4, -0.2) is 22.6 Å². The van der Waals surface area contributed by atoms with Crippen LogP contribution in [0.25, 0.3) is 0 Å². The van der Waals surface area contributed by atoms with Gasteiger partial charge in [-0.3, -0.25) is 0 Å². The maximum absolute atomic E-state index is 6.10. The number of aromatic nitrogens is 2. The monoisotopic (exact) mass is 341 g/mol. The lowest BCUT2D eigenvalue weighted by molar-refractivity contribution is 0.116. The first kappa shape index (κ1) is 15.5. The predicted octanol–water partition coefficient (Wildman–Crippen LogP) is 4.41. The third-order valence-electron chi connectivity index (χ3n) is 3.84. The van der Waals surface area contributed by atoms with Crippen molar-refractivity contribution in [3.8, 4) is 5.88 Å². The minimum atomic E-state index is 0.291. The average Bonchev–Trinajstić information content (AvgIpc) is 2.48. The van der Waals surface area contributed by atoms with Gasteiger partial charge in [-0.25, -0.2) is 4.98 Å². The Morgan fingerprint density at radius 3 is 3.00 bits per heavy atom. The molecule has 1 fully saturated rings. The van der Waals surface area contributed by atoms with E-state index in [-0.39, 0.29) is 0 Å². The zero-order valence-corrected chi connectivity index (χ0v) is 13.9. The Balaban J connectivity index is 2.00. The summed E-state index contributed by atoms with van der Waals surface area (Å²) in [4.78, 5) is 8.72. The molecule has 1 aliphatic carbocycles. The van der Waals surface area contributed by atoms with Gasteiger partial charge in [0.2, 0.25) is 11.8 Å². The molecule has 0 aliphatic heterocycles. The van der Waals surface area contributed by atoms with E-state index in [0.29, 0.717) is 17.9 Å². The van der Waals surface area contributed by atoms with Gasteiger partial charge in [0.05, 0.1) is 10.7 Å². The average molecular weight is 342 g/mol. The summed E-state index contributed by atoms with van der Waals surface area (Å²) in [5.41, 5.74) is 0. The Bertz CT molecular complexity index is 428. The summed E-state index contributed by atoms with van der Waals surface area (Å²) < 4.78 is 6.93. The van der Waals surface area contributed by atoms with Crippen LogP contribution < -0.4 is 10.1 Å². The summed E-state index contributed by atoms with van der Waals surface area (Å²) in [7, 11) is 0. The Morgan fingerprint density at radius 2 is 2.25 bits per heavy atom. The molecule has 2 atom stereocenters. The van der Waals surface area contributed by atoms with E-state index >= 15 is 0 Å². The molecule has 0 aromatic carbocycles. The van der Waals surface area contributed by atoms with Crippen molar-refractivity contribution in [2.45, 2.75) is 58.5 Å². The molecular formula is C15H24BrN3O. The molecule has 1 saturated carbocycles. The number of hydrogen-bond acceptors (Lipinski definition) is 4. The van der Waals surface area contributed by atoms with Gasteiger partial charge in [0.15, 0.2) is 0 Å². The largest absolute Gasteiger partial charge is 0.473 e. The zero-order chi connectivity index (χ0) is 14.4. The van der Waals surface area contributed by atoms with Gasteiger partial charge in [-0.2, -0.15) is 4.98 Å². The normalized spacial score (nSPS) is 22.6. The molecule has 2 unspecified atom stereocenters. The summed E-state index contributed by atoms with van der Waals surface area (Å²) in [5.74, 6) is 2.11. The lowest BCUT2D eigenvalue weighted by Gasteiger charge is -2.28. The molecule has 1 heterocycles. The summed E-state index contributed by atoms with van der Waals surface area (Å²) in [6.07, 6.45) is 9.22. The minimum Gasteiger partial charge on any atom is -0.473 e. The molecule has 4 nitrogen and oxygen atoms in total. The van der Waals surface area contributed by atoms with Gasteiger partial charge in [-0.15, -0.1) is 0 Å². The number of anilines is 1. The van der Waals surface area contributed by atoms with Crippen LogP contribution in [0, 0.1) is 5.92 Å². The van der Waals surface area contributed by atoms with Crippen LogP contribution in [0.5, 0.6) is 5.88 Å². The molecule has 0 amide bonds. The highest BCUT2D eigenvalue weighted by Gasteiger charge is 2.23. The van der Waals surface area contributed by atoms with Gasteiger partial charge in [0.25, 0.3) is 0 Å². The zero-order valence-electron chi connectivity index (χ0n) is 12.4. The van der Waals surface area contributed by atoms with Crippen LogP contribution in [-0.2, 0) is 0 Å². The number of halogens is 1. The van der Waals surface area contributed by atoms with E-state index in [0.717, 1.165) is 36.2 Å². The van der Waals surface area contributed by atoms with Crippen molar-refractivity contribution in [1.29, 1.82) is 0 Å². The smallest absolute Gasteiger partial charge is 0.233 e. The van der Waals surface area contributed by atoms with E-state index in [2.05, 4.69) is 45.1 Å². The number of rotatable bonds is 6. The van der Waals surface area contributed by atoms with Crippen LogP contribution in [0.1, 0.15) is 52.4 Å². The fourth-order valence-corrected chi connectivity index (χ4v) is 2.92. The Labute approximate surface area is 129 Å². The van der Waals surface area contributed by atoms with Crippen molar-refractivity contribution in [2.24, 2.45) is 5.92 Å². The Kier molecular flexibility index (Phi) is 6.07. The van der Waals surface area contributed by atoms with Crippen LogP contribution in [0.2, 0.25) is 0 Å². The highest BCUT2D eigenvalue weighted by molar-refractivity contribution is 9.10.